The van der Waals surface area contributed by atoms with Crippen molar-refractivity contribution in [1.82, 2.24) is 15.3 Å². The summed E-state index contributed by atoms with van der Waals surface area (Å²) in [5.74, 6) is 0.783. The van der Waals surface area contributed by atoms with Crippen molar-refractivity contribution in [2.24, 2.45) is 0 Å². The summed E-state index contributed by atoms with van der Waals surface area (Å²) in [6, 6.07) is 4.21. The molecule has 0 spiro atoms. The lowest BCUT2D eigenvalue weighted by Crippen LogP contribution is -2.12. The molecule has 94 valence electrons. The SMILES string of the molecule is c1cncc(OCc2csc(C3CCCN3)n2)c1. The minimum atomic E-state index is 0.446. The van der Waals surface area contributed by atoms with Crippen LogP contribution in [0.15, 0.2) is 29.9 Å². The van der Waals surface area contributed by atoms with E-state index in [1.54, 1.807) is 23.7 Å². The van der Waals surface area contributed by atoms with E-state index < -0.39 is 0 Å². The molecule has 1 saturated heterocycles. The van der Waals surface area contributed by atoms with Crippen molar-refractivity contribution in [3.8, 4) is 5.75 Å². The Morgan fingerprint density at radius 1 is 1.50 bits per heavy atom. The lowest BCUT2D eigenvalue weighted by atomic mass is 10.2. The average molecular weight is 261 g/mol. The summed E-state index contributed by atoms with van der Waals surface area (Å²) >= 11 is 1.71. The normalized spacial score (nSPS) is 19.0. The maximum Gasteiger partial charge on any atom is 0.138 e. The molecule has 5 heteroatoms. The van der Waals surface area contributed by atoms with E-state index >= 15 is 0 Å². The first kappa shape index (κ1) is 11.6. The Bertz CT molecular complexity index is 494. The largest absolute Gasteiger partial charge is 0.486 e. The molecular weight excluding hydrogens is 246 g/mol. The first-order valence-corrected chi connectivity index (χ1v) is 7.00. The summed E-state index contributed by atoms with van der Waals surface area (Å²) in [6.07, 6.45) is 5.88. The molecule has 0 saturated carbocycles. The molecule has 1 unspecified atom stereocenters. The van der Waals surface area contributed by atoms with E-state index in [0.717, 1.165) is 18.0 Å². The van der Waals surface area contributed by atoms with Gasteiger partial charge in [0, 0.05) is 11.6 Å². The Hall–Kier alpha value is -1.46. The molecule has 1 aliphatic rings. The third-order valence-corrected chi connectivity index (χ3v) is 3.96. The van der Waals surface area contributed by atoms with E-state index in [1.165, 1.54) is 17.8 Å². The number of hydrogen-bond acceptors (Lipinski definition) is 5. The van der Waals surface area contributed by atoms with Gasteiger partial charge in [0.05, 0.1) is 17.9 Å². The highest BCUT2D eigenvalue weighted by molar-refractivity contribution is 7.09. The van der Waals surface area contributed by atoms with Crippen molar-refractivity contribution < 1.29 is 4.74 Å². The summed E-state index contributed by atoms with van der Waals surface area (Å²) in [5, 5.41) is 6.71. The molecule has 0 radical (unpaired) electrons. The van der Waals surface area contributed by atoms with Crippen molar-refractivity contribution in [2.45, 2.75) is 25.5 Å². The van der Waals surface area contributed by atoms with E-state index in [-0.39, 0.29) is 0 Å². The number of thiazole rings is 1. The Morgan fingerprint density at radius 3 is 3.28 bits per heavy atom. The topological polar surface area (TPSA) is 47.0 Å². The van der Waals surface area contributed by atoms with E-state index in [4.69, 9.17) is 4.74 Å². The highest BCUT2D eigenvalue weighted by Crippen LogP contribution is 2.26. The van der Waals surface area contributed by atoms with Crippen LogP contribution in [-0.2, 0) is 6.61 Å². The summed E-state index contributed by atoms with van der Waals surface area (Å²) in [4.78, 5) is 8.63. The van der Waals surface area contributed by atoms with Crippen LogP contribution in [0.2, 0.25) is 0 Å². The van der Waals surface area contributed by atoms with Crippen LogP contribution >= 0.6 is 11.3 Å². The molecule has 4 nitrogen and oxygen atoms in total. The summed E-state index contributed by atoms with van der Waals surface area (Å²) in [6.45, 7) is 1.61. The molecule has 1 fully saturated rings. The molecule has 2 aromatic heterocycles. The van der Waals surface area contributed by atoms with E-state index in [0.29, 0.717) is 12.6 Å². The number of ether oxygens (including phenoxy) is 1. The van der Waals surface area contributed by atoms with Gasteiger partial charge in [0.15, 0.2) is 0 Å². The van der Waals surface area contributed by atoms with Crippen LogP contribution in [0.3, 0.4) is 0 Å². The van der Waals surface area contributed by atoms with Crippen LogP contribution in [0.1, 0.15) is 29.6 Å². The predicted octanol–water partition coefficient (Wildman–Crippen LogP) is 2.54. The lowest BCUT2D eigenvalue weighted by molar-refractivity contribution is 0.300. The lowest BCUT2D eigenvalue weighted by Gasteiger charge is -2.05. The van der Waals surface area contributed by atoms with Crippen molar-refractivity contribution in [3.05, 3.63) is 40.6 Å². The molecule has 0 aromatic carbocycles. The van der Waals surface area contributed by atoms with Crippen molar-refractivity contribution >= 4 is 11.3 Å². The number of nitrogens with zero attached hydrogens (tertiary/aromatic N) is 2. The van der Waals surface area contributed by atoms with Crippen LogP contribution in [-0.4, -0.2) is 16.5 Å². The van der Waals surface area contributed by atoms with Crippen LogP contribution in [0, 0.1) is 0 Å². The third-order valence-electron chi connectivity index (χ3n) is 2.95. The molecular formula is C13H15N3OS. The highest BCUT2D eigenvalue weighted by Gasteiger charge is 2.19. The van der Waals surface area contributed by atoms with Gasteiger partial charge in [-0.15, -0.1) is 11.3 Å². The molecule has 3 rings (SSSR count). The summed E-state index contributed by atoms with van der Waals surface area (Å²) < 4.78 is 5.63. The summed E-state index contributed by atoms with van der Waals surface area (Å²) in [5.41, 5.74) is 0.993. The zero-order valence-electron chi connectivity index (χ0n) is 10.0. The highest BCUT2D eigenvalue weighted by atomic mass is 32.1. The van der Waals surface area contributed by atoms with E-state index in [2.05, 4.69) is 20.7 Å². The fraction of sp³-hybridized carbons (Fsp3) is 0.385. The second-order valence-corrected chi connectivity index (χ2v) is 5.19. The number of hydrogen-bond donors (Lipinski definition) is 1. The van der Waals surface area contributed by atoms with Gasteiger partial charge in [0.25, 0.3) is 0 Å². The predicted molar refractivity (Wildman–Crippen MR) is 70.7 cm³/mol. The maximum absolute atomic E-state index is 5.63. The zero-order chi connectivity index (χ0) is 12.2. The van der Waals surface area contributed by atoms with Gasteiger partial charge >= 0.3 is 0 Å². The fourth-order valence-corrected chi connectivity index (χ4v) is 2.95. The van der Waals surface area contributed by atoms with Crippen LogP contribution in [0.25, 0.3) is 0 Å². The van der Waals surface area contributed by atoms with Gasteiger partial charge in [-0.05, 0) is 31.5 Å². The second kappa shape index (κ2) is 5.46. The summed E-state index contributed by atoms with van der Waals surface area (Å²) in [7, 11) is 0. The van der Waals surface area contributed by atoms with Gasteiger partial charge in [-0.3, -0.25) is 4.98 Å². The molecule has 0 aliphatic carbocycles. The Balaban J connectivity index is 1.60. The van der Waals surface area contributed by atoms with E-state index in [9.17, 15) is 0 Å². The Kier molecular flexibility index (Phi) is 3.52. The quantitative estimate of drug-likeness (QED) is 0.918. The van der Waals surface area contributed by atoms with Gasteiger partial charge in [0.2, 0.25) is 0 Å². The van der Waals surface area contributed by atoms with Gasteiger partial charge < -0.3 is 10.1 Å². The molecule has 1 aliphatic heterocycles. The van der Waals surface area contributed by atoms with Crippen molar-refractivity contribution in [3.63, 3.8) is 0 Å². The van der Waals surface area contributed by atoms with Gasteiger partial charge in [-0.2, -0.15) is 0 Å². The monoisotopic (exact) mass is 261 g/mol. The van der Waals surface area contributed by atoms with Gasteiger partial charge in [-0.25, -0.2) is 4.98 Å². The van der Waals surface area contributed by atoms with Crippen LogP contribution < -0.4 is 10.1 Å². The molecule has 1 atom stereocenters. The van der Waals surface area contributed by atoms with Crippen molar-refractivity contribution in [1.29, 1.82) is 0 Å². The number of aromatic nitrogens is 2. The fourth-order valence-electron chi connectivity index (χ4n) is 2.03. The second-order valence-electron chi connectivity index (χ2n) is 4.30. The minimum absolute atomic E-state index is 0.446. The molecule has 2 aromatic rings. The number of pyridine rings is 1. The smallest absolute Gasteiger partial charge is 0.138 e. The van der Waals surface area contributed by atoms with Crippen LogP contribution in [0.5, 0.6) is 5.75 Å². The Morgan fingerprint density at radius 2 is 2.50 bits per heavy atom. The number of rotatable bonds is 4. The Labute approximate surface area is 110 Å². The van der Waals surface area contributed by atoms with Gasteiger partial charge in [-0.1, -0.05) is 0 Å². The minimum Gasteiger partial charge on any atom is -0.486 e. The third kappa shape index (κ3) is 2.68. The molecule has 18 heavy (non-hydrogen) atoms. The molecule has 3 heterocycles. The zero-order valence-corrected chi connectivity index (χ0v) is 10.8. The van der Waals surface area contributed by atoms with E-state index in [1.807, 2.05) is 12.1 Å². The average Bonchev–Trinajstić information content (AvgIpc) is 3.08. The molecule has 0 bridgehead atoms. The van der Waals surface area contributed by atoms with Crippen LogP contribution in [0.4, 0.5) is 0 Å². The maximum atomic E-state index is 5.63. The first-order chi connectivity index (χ1) is 8.92. The first-order valence-electron chi connectivity index (χ1n) is 6.12. The van der Waals surface area contributed by atoms with Crippen molar-refractivity contribution in [2.75, 3.05) is 6.54 Å². The van der Waals surface area contributed by atoms with Gasteiger partial charge in [0.1, 0.15) is 17.4 Å². The molecule has 0 amide bonds. The molecule has 1 N–H and O–H groups in total. The standard InChI is InChI=1S/C13H15N3OS/c1-3-11(7-14-5-1)17-8-10-9-18-13(16-10)12-4-2-6-15-12/h1,3,5,7,9,12,15H,2,4,6,8H2. The number of nitrogens with one attached hydrogen (secondary N) is 1.